The monoisotopic (exact) mass is 449 g/mol. The van der Waals surface area contributed by atoms with E-state index in [0.29, 0.717) is 24.2 Å². The van der Waals surface area contributed by atoms with E-state index in [0.717, 1.165) is 54.3 Å². The first kappa shape index (κ1) is 23.3. The van der Waals surface area contributed by atoms with Gasteiger partial charge in [-0.1, -0.05) is 38.1 Å². The van der Waals surface area contributed by atoms with Crippen LogP contribution in [-0.4, -0.2) is 48.8 Å². The topological polar surface area (TPSA) is 80.8 Å². The van der Waals surface area contributed by atoms with E-state index < -0.39 is 6.10 Å². The van der Waals surface area contributed by atoms with Crippen molar-refractivity contribution in [2.45, 2.75) is 38.7 Å². The Labute approximate surface area is 196 Å². The molecule has 3 N–H and O–H groups in total. The van der Waals surface area contributed by atoms with Gasteiger partial charge < -0.3 is 20.3 Å². The number of piperidine rings is 1. The lowest BCUT2D eigenvalue weighted by Gasteiger charge is -2.37. The lowest BCUT2D eigenvalue weighted by Crippen LogP contribution is -2.39. The van der Waals surface area contributed by atoms with Crippen LogP contribution in [0.15, 0.2) is 59.6 Å². The molecule has 2 atom stereocenters. The number of rotatable bonds is 7. The van der Waals surface area contributed by atoms with Gasteiger partial charge in [-0.3, -0.25) is 4.90 Å². The number of allylic oxidation sites excluding steroid dienone is 2. The number of hydrogen-bond donors (Lipinski definition) is 2. The number of aromatic nitrogens is 1. The summed E-state index contributed by atoms with van der Waals surface area (Å²) in [5.41, 5.74) is 11.3. The van der Waals surface area contributed by atoms with E-state index in [1.54, 1.807) is 20.3 Å². The molecule has 6 heteroatoms. The molecule has 4 rings (SSSR count). The Morgan fingerprint density at radius 2 is 2.00 bits per heavy atom. The van der Waals surface area contributed by atoms with Crippen LogP contribution < -0.4 is 5.73 Å². The summed E-state index contributed by atoms with van der Waals surface area (Å²) in [5, 5.41) is 11.1. The molecular formula is C27H35N3O3. The second-order valence-corrected chi connectivity index (χ2v) is 9.30. The molecule has 1 fully saturated rings. The molecule has 2 aliphatic rings. The van der Waals surface area contributed by atoms with Gasteiger partial charge in [0.05, 0.1) is 26.0 Å². The molecule has 1 aliphatic carbocycles. The van der Waals surface area contributed by atoms with E-state index in [-0.39, 0.29) is 0 Å². The van der Waals surface area contributed by atoms with Crippen LogP contribution in [0.5, 0.6) is 0 Å². The fraction of sp³-hybridized carbons (Fsp3) is 0.444. The number of aliphatic hydroxyl groups excluding tert-OH is 1. The van der Waals surface area contributed by atoms with E-state index in [1.807, 2.05) is 18.2 Å². The van der Waals surface area contributed by atoms with Crippen molar-refractivity contribution in [3.8, 4) is 11.3 Å². The average molecular weight is 450 g/mol. The zero-order valence-electron chi connectivity index (χ0n) is 20.0. The predicted octanol–water partition coefficient (Wildman–Crippen LogP) is 4.64. The first-order valence-corrected chi connectivity index (χ1v) is 11.7. The summed E-state index contributed by atoms with van der Waals surface area (Å²) >= 11 is 0. The molecule has 6 nitrogen and oxygen atoms in total. The van der Waals surface area contributed by atoms with Gasteiger partial charge >= 0.3 is 0 Å². The number of pyridine rings is 1. The Bertz CT molecular complexity index is 1060. The molecule has 1 saturated heterocycles. The summed E-state index contributed by atoms with van der Waals surface area (Å²) in [6.07, 6.45) is 3.51. The quantitative estimate of drug-likeness (QED) is 0.641. The SMILES string of the molecule is COC1=C(OC)CC2CCN(CC(O)c3ccc(-c4cccc(N)n4)c(C(C)C)c3)CC2=C1. The van der Waals surface area contributed by atoms with Gasteiger partial charge in [0.15, 0.2) is 5.76 Å². The third kappa shape index (κ3) is 5.07. The van der Waals surface area contributed by atoms with E-state index in [4.69, 9.17) is 15.2 Å². The Morgan fingerprint density at radius 3 is 2.70 bits per heavy atom. The van der Waals surface area contributed by atoms with Gasteiger partial charge in [-0.2, -0.15) is 0 Å². The van der Waals surface area contributed by atoms with Gasteiger partial charge in [-0.25, -0.2) is 4.98 Å². The number of nitrogen functional groups attached to an aromatic ring is 1. The van der Waals surface area contributed by atoms with Crippen molar-refractivity contribution in [1.82, 2.24) is 9.88 Å². The molecule has 0 spiro atoms. The largest absolute Gasteiger partial charge is 0.497 e. The molecular weight excluding hydrogens is 414 g/mol. The lowest BCUT2D eigenvalue weighted by atomic mass is 9.83. The van der Waals surface area contributed by atoms with Crippen LogP contribution in [-0.2, 0) is 9.47 Å². The minimum atomic E-state index is -0.557. The minimum absolute atomic E-state index is 0.299. The van der Waals surface area contributed by atoms with Crippen molar-refractivity contribution in [3.05, 3.63) is 70.7 Å². The second-order valence-electron chi connectivity index (χ2n) is 9.30. The van der Waals surface area contributed by atoms with Crippen molar-refractivity contribution < 1.29 is 14.6 Å². The standard InChI is InChI=1S/C27H35N3O3/c1-17(2)22-12-19(8-9-21(22)23-6-5-7-27(28)29-23)24(31)16-30-11-10-18-13-25(32-3)26(33-4)14-20(18)15-30/h5-9,12,14,17-18,24,31H,10-11,13,15-16H2,1-4H3,(H2,28,29). The van der Waals surface area contributed by atoms with E-state index in [2.05, 4.69) is 41.9 Å². The highest BCUT2D eigenvalue weighted by Gasteiger charge is 2.30. The molecule has 176 valence electrons. The first-order valence-electron chi connectivity index (χ1n) is 11.7. The number of likely N-dealkylation sites (tertiary alicyclic amines) is 1. The molecule has 0 radical (unpaired) electrons. The van der Waals surface area contributed by atoms with Crippen LogP contribution in [0, 0.1) is 5.92 Å². The molecule has 0 bridgehead atoms. The number of aliphatic hydroxyl groups is 1. The number of hydrogen-bond acceptors (Lipinski definition) is 6. The van der Waals surface area contributed by atoms with Gasteiger partial charge in [0.2, 0.25) is 0 Å². The maximum atomic E-state index is 11.1. The van der Waals surface area contributed by atoms with Crippen molar-refractivity contribution in [1.29, 1.82) is 0 Å². The molecule has 0 amide bonds. The highest BCUT2D eigenvalue weighted by atomic mass is 16.5. The summed E-state index contributed by atoms with van der Waals surface area (Å²) in [5.74, 6) is 3.04. The fourth-order valence-corrected chi connectivity index (χ4v) is 4.92. The van der Waals surface area contributed by atoms with Gasteiger partial charge in [0, 0.05) is 25.1 Å². The maximum Gasteiger partial charge on any atom is 0.156 e. The Balaban J connectivity index is 1.51. The summed E-state index contributed by atoms with van der Waals surface area (Å²) < 4.78 is 11.0. The first-order chi connectivity index (χ1) is 15.9. The van der Waals surface area contributed by atoms with E-state index >= 15 is 0 Å². The summed E-state index contributed by atoms with van der Waals surface area (Å²) in [7, 11) is 3.39. The van der Waals surface area contributed by atoms with Crippen molar-refractivity contribution >= 4 is 5.82 Å². The Morgan fingerprint density at radius 1 is 1.18 bits per heavy atom. The Kier molecular flexibility index (Phi) is 7.05. The third-order valence-electron chi connectivity index (χ3n) is 6.77. The maximum absolute atomic E-state index is 11.1. The molecule has 2 unspecified atom stereocenters. The normalized spacial score (nSPS) is 19.8. The van der Waals surface area contributed by atoms with Crippen LogP contribution >= 0.6 is 0 Å². The number of anilines is 1. The molecule has 33 heavy (non-hydrogen) atoms. The molecule has 1 aromatic heterocycles. The summed E-state index contributed by atoms with van der Waals surface area (Å²) in [6.45, 7) is 6.73. The summed E-state index contributed by atoms with van der Waals surface area (Å²) in [4.78, 5) is 6.83. The molecule has 0 saturated carbocycles. The Hall–Kier alpha value is -2.83. The van der Waals surface area contributed by atoms with Crippen molar-refractivity contribution in [2.75, 3.05) is 39.6 Å². The zero-order valence-corrected chi connectivity index (χ0v) is 20.0. The van der Waals surface area contributed by atoms with Crippen molar-refractivity contribution in [2.24, 2.45) is 5.92 Å². The van der Waals surface area contributed by atoms with E-state index in [9.17, 15) is 5.11 Å². The number of benzene rings is 1. The van der Waals surface area contributed by atoms with Gasteiger partial charge in [-0.05, 0) is 59.7 Å². The fourth-order valence-electron chi connectivity index (χ4n) is 4.92. The third-order valence-corrected chi connectivity index (χ3v) is 6.77. The van der Waals surface area contributed by atoms with Crippen LogP contribution in [0.2, 0.25) is 0 Å². The highest BCUT2D eigenvalue weighted by molar-refractivity contribution is 5.66. The van der Waals surface area contributed by atoms with Gasteiger partial charge in [0.25, 0.3) is 0 Å². The van der Waals surface area contributed by atoms with Crippen LogP contribution in [0.25, 0.3) is 11.3 Å². The number of methoxy groups -OCH3 is 2. The van der Waals surface area contributed by atoms with Gasteiger partial charge in [0.1, 0.15) is 11.6 Å². The summed E-state index contributed by atoms with van der Waals surface area (Å²) in [6, 6.07) is 11.9. The van der Waals surface area contributed by atoms with Gasteiger partial charge in [-0.15, -0.1) is 0 Å². The van der Waals surface area contributed by atoms with Crippen molar-refractivity contribution in [3.63, 3.8) is 0 Å². The second kappa shape index (κ2) is 9.98. The zero-order chi connectivity index (χ0) is 23.5. The molecule has 2 aromatic rings. The molecule has 1 aliphatic heterocycles. The molecule has 1 aromatic carbocycles. The number of β-amino-alcohol motifs (C(OH)–C–C–N with tert-alkyl or cyclic N) is 1. The number of nitrogens with zero attached hydrogens (tertiary/aromatic N) is 2. The number of fused-ring (bicyclic) bond motifs is 1. The smallest absolute Gasteiger partial charge is 0.156 e. The molecule has 2 heterocycles. The minimum Gasteiger partial charge on any atom is -0.497 e. The highest BCUT2D eigenvalue weighted by Crippen LogP contribution is 2.36. The van der Waals surface area contributed by atoms with E-state index in [1.165, 1.54) is 11.1 Å². The number of ether oxygens (including phenoxy) is 2. The lowest BCUT2D eigenvalue weighted by molar-refractivity contribution is 0.101. The number of nitrogens with two attached hydrogens (primary N) is 1. The predicted molar refractivity (Wildman–Crippen MR) is 131 cm³/mol. The van der Waals surface area contributed by atoms with Crippen LogP contribution in [0.4, 0.5) is 5.82 Å². The average Bonchev–Trinajstić information content (AvgIpc) is 2.82. The van der Waals surface area contributed by atoms with Crippen LogP contribution in [0.1, 0.15) is 49.8 Å². The van der Waals surface area contributed by atoms with Crippen LogP contribution in [0.3, 0.4) is 0 Å².